The quantitative estimate of drug-likeness (QED) is 0.204. The lowest BCUT2D eigenvalue weighted by Gasteiger charge is -2.29. The lowest BCUT2D eigenvalue weighted by molar-refractivity contribution is 0.585. The number of benzene rings is 4. The molecule has 0 atom stereocenters. The van der Waals surface area contributed by atoms with Gasteiger partial charge in [-0.1, -0.05) is 111 Å². The van der Waals surface area contributed by atoms with Gasteiger partial charge in [0.2, 0.25) is 11.8 Å². The molecule has 1 aliphatic heterocycles. The van der Waals surface area contributed by atoms with Crippen LogP contribution in [0.1, 0.15) is 36.8 Å². The summed E-state index contributed by atoms with van der Waals surface area (Å²) in [4.78, 5) is 10.2. The maximum Gasteiger partial charge on any atom is 0.220 e. The van der Waals surface area contributed by atoms with Gasteiger partial charge in [0.1, 0.15) is 19.1 Å². The second-order valence-corrected chi connectivity index (χ2v) is 14.6. The molecule has 0 radical (unpaired) electrons. The van der Waals surface area contributed by atoms with E-state index in [4.69, 9.17) is 18.8 Å². The third kappa shape index (κ3) is 3.65. The topological polar surface area (TPSA) is 52.1 Å². The normalized spacial score (nSPS) is 15.1. The highest BCUT2D eigenvalue weighted by Gasteiger charge is 2.51. The van der Waals surface area contributed by atoms with Crippen LogP contribution in [0.15, 0.2) is 118 Å². The smallest absolute Gasteiger partial charge is 0.220 e. The van der Waals surface area contributed by atoms with Gasteiger partial charge in [-0.15, -0.1) is 0 Å². The lowest BCUT2D eigenvalue weighted by atomic mass is 9.91. The van der Waals surface area contributed by atoms with E-state index in [1.807, 2.05) is 48.5 Å². The lowest BCUT2D eigenvalue weighted by Crippen LogP contribution is -2.35. The average molecular weight is 525 g/mol. The molecule has 7 rings (SSSR count). The molecule has 4 aromatic carbocycles. The molecule has 0 aliphatic carbocycles. The molecule has 0 amide bonds. The van der Waals surface area contributed by atoms with Gasteiger partial charge < -0.3 is 8.83 Å². The zero-order valence-corrected chi connectivity index (χ0v) is 23.0. The molecule has 0 fully saturated rings. The van der Waals surface area contributed by atoms with E-state index in [1.165, 1.54) is 21.5 Å². The number of hydrogen-bond donors (Lipinski definition) is 0. The van der Waals surface area contributed by atoms with E-state index in [0.717, 1.165) is 45.4 Å². The highest BCUT2D eigenvalue weighted by Crippen LogP contribution is 2.58. The number of hydrogen-bond acceptors (Lipinski definition) is 4. The van der Waals surface area contributed by atoms with E-state index in [-0.39, 0.29) is 0 Å². The first-order valence-electron chi connectivity index (χ1n) is 13.6. The number of fused-ring (bicyclic) bond motifs is 2. The van der Waals surface area contributed by atoms with E-state index in [1.54, 1.807) is 0 Å². The maximum absolute atomic E-state index is 6.58. The highest BCUT2D eigenvalue weighted by molar-refractivity contribution is 7.14. The maximum atomic E-state index is 6.58. The third-order valence-electron chi connectivity index (χ3n) is 8.05. The molecule has 4 nitrogen and oxygen atoms in total. The Hall–Kier alpha value is -4.48. The molecular formula is C34H28N2O2Si. The van der Waals surface area contributed by atoms with Crippen molar-refractivity contribution in [3.8, 4) is 0 Å². The van der Waals surface area contributed by atoms with Gasteiger partial charge in [0.25, 0.3) is 0 Å². The second kappa shape index (κ2) is 9.36. The minimum absolute atomic E-state index is 0.713. The Morgan fingerprint density at radius 3 is 1.28 bits per heavy atom. The van der Waals surface area contributed by atoms with Crippen molar-refractivity contribution in [1.29, 1.82) is 0 Å². The molecule has 0 N–H and O–H groups in total. The standard InChI is InChI=1S/C34H28N2O2Si/c1-3-39(4-2)31(33-35-25-19-11-13-21-27(25)37-33)29(23-15-7-5-8-16-23)30(24-17-9-6-10-18-24)32(39)34-36-26-20-12-14-22-28(26)38-34/h5-22H,3-4H2,1-2H3. The summed E-state index contributed by atoms with van der Waals surface area (Å²) < 4.78 is 13.2. The van der Waals surface area contributed by atoms with Crippen molar-refractivity contribution >= 4 is 51.8 Å². The number of allylic oxidation sites excluding steroid dienone is 2. The van der Waals surface area contributed by atoms with E-state index >= 15 is 0 Å². The molecule has 2 aromatic heterocycles. The van der Waals surface area contributed by atoms with Crippen molar-refractivity contribution in [3.63, 3.8) is 0 Å². The summed E-state index contributed by atoms with van der Waals surface area (Å²) >= 11 is 0. The van der Waals surface area contributed by atoms with Gasteiger partial charge in [0.05, 0.1) is 0 Å². The largest absolute Gasteiger partial charge is 0.437 e. The van der Waals surface area contributed by atoms with Crippen molar-refractivity contribution in [2.75, 3.05) is 0 Å². The summed E-state index contributed by atoms with van der Waals surface area (Å²) in [6, 6.07) is 39.3. The zero-order chi connectivity index (χ0) is 26.4. The van der Waals surface area contributed by atoms with E-state index in [9.17, 15) is 0 Å². The van der Waals surface area contributed by atoms with Gasteiger partial charge >= 0.3 is 0 Å². The van der Waals surface area contributed by atoms with Crippen molar-refractivity contribution < 1.29 is 8.83 Å². The molecule has 0 bridgehead atoms. The van der Waals surface area contributed by atoms with Crippen LogP contribution in [0.3, 0.4) is 0 Å². The third-order valence-corrected chi connectivity index (χ3v) is 13.3. The Morgan fingerprint density at radius 2 is 0.897 bits per heavy atom. The van der Waals surface area contributed by atoms with Crippen LogP contribution in [0.2, 0.25) is 12.1 Å². The summed E-state index contributed by atoms with van der Waals surface area (Å²) in [6.45, 7) is 4.61. The molecule has 39 heavy (non-hydrogen) atoms. The van der Waals surface area contributed by atoms with E-state index < -0.39 is 8.07 Å². The summed E-state index contributed by atoms with van der Waals surface area (Å²) in [7, 11) is -2.49. The van der Waals surface area contributed by atoms with Crippen molar-refractivity contribution in [3.05, 3.63) is 132 Å². The molecule has 0 saturated heterocycles. The first-order chi connectivity index (χ1) is 19.2. The fraction of sp³-hybridized carbons (Fsp3) is 0.118. The number of nitrogens with zero attached hydrogens (tertiary/aromatic N) is 2. The number of rotatable bonds is 6. The Bertz CT molecular complexity index is 1670. The van der Waals surface area contributed by atoms with Gasteiger partial charge in [0, 0.05) is 10.4 Å². The van der Waals surface area contributed by atoms with Crippen molar-refractivity contribution in [2.24, 2.45) is 0 Å². The van der Waals surface area contributed by atoms with Crippen LogP contribution in [-0.2, 0) is 0 Å². The first-order valence-corrected chi connectivity index (χ1v) is 16.0. The Labute approximate surface area is 228 Å². The van der Waals surface area contributed by atoms with Crippen LogP contribution in [0.5, 0.6) is 0 Å². The summed E-state index contributed by atoms with van der Waals surface area (Å²) in [5, 5.41) is 2.46. The predicted molar refractivity (Wildman–Crippen MR) is 161 cm³/mol. The predicted octanol–water partition coefficient (Wildman–Crippen LogP) is 9.07. The van der Waals surface area contributed by atoms with Gasteiger partial charge in [0.15, 0.2) is 11.2 Å². The Kier molecular flexibility index (Phi) is 5.67. The second-order valence-electron chi connectivity index (χ2n) is 9.99. The molecule has 5 heteroatoms. The fourth-order valence-corrected chi connectivity index (χ4v) is 10.9. The first kappa shape index (κ1) is 23.6. The van der Waals surface area contributed by atoms with Crippen molar-refractivity contribution in [1.82, 2.24) is 9.97 Å². The highest BCUT2D eigenvalue weighted by atomic mass is 28.3. The summed E-state index contributed by atoms with van der Waals surface area (Å²) in [5.74, 6) is 1.43. The molecular weight excluding hydrogens is 496 g/mol. The van der Waals surface area contributed by atoms with Crippen LogP contribution >= 0.6 is 0 Å². The number of oxazole rings is 2. The van der Waals surface area contributed by atoms with Crippen LogP contribution in [-0.4, -0.2) is 18.0 Å². The zero-order valence-electron chi connectivity index (χ0n) is 22.0. The monoisotopic (exact) mass is 524 g/mol. The fourth-order valence-electron chi connectivity index (χ4n) is 6.18. The van der Waals surface area contributed by atoms with Crippen LogP contribution in [0.25, 0.3) is 43.7 Å². The molecule has 190 valence electrons. The van der Waals surface area contributed by atoms with Gasteiger partial charge in [-0.3, -0.25) is 0 Å². The Morgan fingerprint density at radius 1 is 0.513 bits per heavy atom. The molecule has 1 aliphatic rings. The molecule has 0 unspecified atom stereocenters. The van der Waals surface area contributed by atoms with Crippen LogP contribution in [0, 0.1) is 0 Å². The average Bonchev–Trinajstić information content (AvgIpc) is 3.69. The van der Waals surface area contributed by atoms with E-state index in [2.05, 4.69) is 74.5 Å². The minimum atomic E-state index is -2.49. The molecule has 6 aromatic rings. The number of aromatic nitrogens is 2. The summed E-state index contributed by atoms with van der Waals surface area (Å²) in [5.41, 5.74) is 8.02. The van der Waals surface area contributed by atoms with Gasteiger partial charge in [-0.05, 0) is 46.5 Å². The van der Waals surface area contributed by atoms with Gasteiger partial charge in [-0.25, -0.2) is 9.97 Å². The van der Waals surface area contributed by atoms with E-state index in [0.29, 0.717) is 11.8 Å². The summed E-state index contributed by atoms with van der Waals surface area (Å²) in [6.07, 6.45) is 0. The number of para-hydroxylation sites is 4. The van der Waals surface area contributed by atoms with Crippen LogP contribution in [0.4, 0.5) is 0 Å². The Balaban J connectivity index is 1.64. The van der Waals surface area contributed by atoms with Crippen molar-refractivity contribution in [2.45, 2.75) is 25.9 Å². The molecule has 0 saturated carbocycles. The molecule has 0 spiro atoms. The minimum Gasteiger partial charge on any atom is -0.437 e. The van der Waals surface area contributed by atoms with Crippen LogP contribution < -0.4 is 0 Å². The molecule has 3 heterocycles. The SMILES string of the molecule is CC[Si]1(CC)C(c2nc3ccccc3o2)=C(c2ccccc2)C(c2ccccc2)=C1c1nc2ccccc2o1. The van der Waals surface area contributed by atoms with Gasteiger partial charge in [-0.2, -0.15) is 0 Å².